The van der Waals surface area contributed by atoms with E-state index in [9.17, 15) is 19.7 Å². The van der Waals surface area contributed by atoms with Gasteiger partial charge in [-0.3, -0.25) is 19.7 Å². The molecule has 0 saturated heterocycles. The van der Waals surface area contributed by atoms with Crippen LogP contribution in [0.1, 0.15) is 10.4 Å². The Morgan fingerprint density at radius 2 is 1.95 bits per heavy atom. The largest absolute Gasteiger partial charge is 0.346 e. The highest BCUT2D eigenvalue weighted by molar-refractivity contribution is 6.30. The number of benzene rings is 1. The summed E-state index contributed by atoms with van der Waals surface area (Å²) in [5.74, 6) is -0.708. The molecule has 0 aliphatic carbocycles. The lowest BCUT2D eigenvalue weighted by molar-refractivity contribution is -0.384. The zero-order valence-corrected chi connectivity index (χ0v) is 11.6. The first-order valence-electron chi connectivity index (χ1n) is 6.04. The molecule has 3 rings (SSSR count). The van der Waals surface area contributed by atoms with Crippen LogP contribution in [0.5, 0.6) is 0 Å². The van der Waals surface area contributed by atoms with Crippen LogP contribution in [0.15, 0.2) is 41.3 Å². The molecule has 9 heteroatoms. The van der Waals surface area contributed by atoms with Crippen molar-refractivity contribution in [1.29, 1.82) is 0 Å². The van der Waals surface area contributed by atoms with Crippen LogP contribution < -0.4 is 5.56 Å². The SMILES string of the molecule is O=C(c1ccc([N+](=O)[O-])cc1)n1c(Cl)nc2[nH]ccc2c1=O. The van der Waals surface area contributed by atoms with Crippen LogP contribution in [0.4, 0.5) is 5.69 Å². The summed E-state index contributed by atoms with van der Waals surface area (Å²) in [5, 5.41) is 10.5. The highest BCUT2D eigenvalue weighted by atomic mass is 35.5. The number of nitro groups is 1. The van der Waals surface area contributed by atoms with Gasteiger partial charge in [0.25, 0.3) is 17.2 Å². The highest BCUT2D eigenvalue weighted by Gasteiger charge is 2.18. The monoisotopic (exact) mass is 318 g/mol. The van der Waals surface area contributed by atoms with Crippen molar-refractivity contribution in [3.63, 3.8) is 0 Å². The van der Waals surface area contributed by atoms with Crippen LogP contribution in [0.3, 0.4) is 0 Å². The van der Waals surface area contributed by atoms with Crippen molar-refractivity contribution in [3.05, 3.63) is 67.8 Å². The minimum atomic E-state index is -0.708. The summed E-state index contributed by atoms with van der Waals surface area (Å²) in [5.41, 5.74) is -0.400. The summed E-state index contributed by atoms with van der Waals surface area (Å²) in [6.07, 6.45) is 1.51. The quantitative estimate of drug-likeness (QED) is 0.441. The number of H-pyrrole nitrogens is 1. The van der Waals surface area contributed by atoms with Gasteiger partial charge < -0.3 is 4.98 Å². The number of nitrogens with zero attached hydrogens (tertiary/aromatic N) is 3. The van der Waals surface area contributed by atoms with E-state index in [-0.39, 0.29) is 27.6 Å². The van der Waals surface area contributed by atoms with Crippen LogP contribution >= 0.6 is 11.6 Å². The molecule has 0 fully saturated rings. The summed E-state index contributed by atoms with van der Waals surface area (Å²) in [6, 6.07) is 6.35. The van der Waals surface area contributed by atoms with Gasteiger partial charge in [0.2, 0.25) is 5.28 Å². The van der Waals surface area contributed by atoms with E-state index in [1.54, 1.807) is 0 Å². The molecule has 0 spiro atoms. The molecule has 1 aromatic carbocycles. The number of halogens is 1. The Labute approximate surface area is 127 Å². The number of nitro benzene ring substituents is 1. The first-order chi connectivity index (χ1) is 10.5. The first-order valence-corrected chi connectivity index (χ1v) is 6.41. The van der Waals surface area contributed by atoms with Gasteiger partial charge in [0.1, 0.15) is 5.65 Å². The first kappa shape index (κ1) is 14.0. The van der Waals surface area contributed by atoms with Crippen molar-refractivity contribution < 1.29 is 9.72 Å². The van der Waals surface area contributed by atoms with E-state index >= 15 is 0 Å². The number of hydrogen-bond acceptors (Lipinski definition) is 5. The molecular weight excluding hydrogens is 312 g/mol. The number of rotatable bonds is 2. The number of hydrogen-bond donors (Lipinski definition) is 1. The maximum atomic E-state index is 12.4. The van der Waals surface area contributed by atoms with Gasteiger partial charge in [-0.1, -0.05) is 0 Å². The summed E-state index contributed by atoms with van der Waals surface area (Å²) in [6.45, 7) is 0. The smallest absolute Gasteiger partial charge is 0.271 e. The molecular formula is C13H7ClN4O4. The minimum Gasteiger partial charge on any atom is -0.346 e. The Bertz CT molecular complexity index is 958. The second-order valence-electron chi connectivity index (χ2n) is 4.37. The van der Waals surface area contributed by atoms with Crippen LogP contribution in [0, 0.1) is 10.1 Å². The fourth-order valence-electron chi connectivity index (χ4n) is 2.00. The molecule has 8 nitrogen and oxygen atoms in total. The van der Waals surface area contributed by atoms with Crippen LogP contribution in [0.2, 0.25) is 5.28 Å². The van der Waals surface area contributed by atoms with Gasteiger partial charge >= 0.3 is 0 Å². The van der Waals surface area contributed by atoms with Gasteiger partial charge in [-0.2, -0.15) is 0 Å². The van der Waals surface area contributed by atoms with Gasteiger partial charge in [-0.25, -0.2) is 9.55 Å². The number of fused-ring (bicyclic) bond motifs is 1. The van der Waals surface area contributed by atoms with Gasteiger partial charge in [-0.05, 0) is 29.8 Å². The minimum absolute atomic E-state index is 0.0892. The topological polar surface area (TPSA) is 111 Å². The molecule has 2 aromatic heterocycles. The van der Waals surface area contributed by atoms with Crippen molar-refractivity contribution in [2.24, 2.45) is 0 Å². The lowest BCUT2D eigenvalue weighted by Gasteiger charge is -2.06. The zero-order valence-electron chi connectivity index (χ0n) is 10.8. The molecule has 1 N–H and O–H groups in total. The summed E-state index contributed by atoms with van der Waals surface area (Å²) < 4.78 is 0.721. The van der Waals surface area contributed by atoms with E-state index in [1.165, 1.54) is 36.5 Å². The molecule has 0 saturated carbocycles. The standard InChI is InChI=1S/C13H7ClN4O4/c14-13-16-10-9(5-6-15-10)12(20)17(13)11(19)7-1-3-8(4-2-7)18(21)22/h1-6,15H. The van der Waals surface area contributed by atoms with Gasteiger partial charge in [0.05, 0.1) is 10.3 Å². The zero-order chi connectivity index (χ0) is 15.9. The summed E-state index contributed by atoms with van der Waals surface area (Å²) in [4.78, 5) is 41.4. The number of non-ortho nitro benzene ring substituents is 1. The fraction of sp³-hybridized carbons (Fsp3) is 0. The third-order valence-electron chi connectivity index (χ3n) is 3.08. The second-order valence-corrected chi connectivity index (χ2v) is 4.71. The van der Waals surface area contributed by atoms with E-state index in [1.807, 2.05) is 0 Å². The Hall–Kier alpha value is -3.00. The van der Waals surface area contributed by atoms with E-state index in [0.29, 0.717) is 0 Å². The Balaban J connectivity index is 2.12. The number of aromatic amines is 1. The highest BCUT2D eigenvalue weighted by Crippen LogP contribution is 2.15. The molecule has 0 radical (unpaired) electrons. The van der Waals surface area contributed by atoms with Crippen molar-refractivity contribution in [2.75, 3.05) is 0 Å². The summed E-state index contributed by atoms with van der Waals surface area (Å²) >= 11 is 5.89. The third kappa shape index (κ3) is 2.15. The lowest BCUT2D eigenvalue weighted by Crippen LogP contribution is -2.28. The average Bonchev–Trinajstić information content (AvgIpc) is 2.95. The van der Waals surface area contributed by atoms with E-state index in [0.717, 1.165) is 4.57 Å². The molecule has 0 atom stereocenters. The molecule has 0 aliphatic heterocycles. The van der Waals surface area contributed by atoms with Crippen molar-refractivity contribution in [1.82, 2.24) is 14.5 Å². The predicted octanol–water partition coefficient (Wildman–Crippen LogP) is 1.97. The second kappa shape index (κ2) is 5.08. The average molecular weight is 319 g/mol. The van der Waals surface area contributed by atoms with Crippen molar-refractivity contribution >= 4 is 34.2 Å². The van der Waals surface area contributed by atoms with Crippen LogP contribution in [-0.4, -0.2) is 25.4 Å². The summed E-state index contributed by atoms with van der Waals surface area (Å²) in [7, 11) is 0. The van der Waals surface area contributed by atoms with E-state index in [2.05, 4.69) is 9.97 Å². The number of nitrogens with one attached hydrogen (secondary N) is 1. The third-order valence-corrected chi connectivity index (χ3v) is 3.33. The molecule has 110 valence electrons. The Kier molecular flexibility index (Phi) is 3.22. The normalized spacial score (nSPS) is 10.8. The molecule has 0 bridgehead atoms. The molecule has 0 aliphatic rings. The van der Waals surface area contributed by atoms with Crippen molar-refractivity contribution in [2.45, 2.75) is 0 Å². The number of carbonyl (C=O) groups excluding carboxylic acids is 1. The predicted molar refractivity (Wildman–Crippen MR) is 78.2 cm³/mol. The lowest BCUT2D eigenvalue weighted by atomic mass is 10.2. The number of aromatic nitrogens is 3. The fourth-order valence-corrected chi connectivity index (χ4v) is 2.24. The molecule has 2 heterocycles. The van der Waals surface area contributed by atoms with Gasteiger partial charge in [0.15, 0.2) is 0 Å². The molecule has 0 unspecified atom stereocenters. The van der Waals surface area contributed by atoms with Gasteiger partial charge in [0, 0.05) is 23.9 Å². The molecule has 3 aromatic rings. The number of carbonyl (C=O) groups is 1. The van der Waals surface area contributed by atoms with Crippen LogP contribution in [-0.2, 0) is 0 Å². The maximum Gasteiger partial charge on any atom is 0.271 e. The van der Waals surface area contributed by atoms with Gasteiger partial charge in [-0.15, -0.1) is 0 Å². The Morgan fingerprint density at radius 1 is 1.27 bits per heavy atom. The maximum absolute atomic E-state index is 12.4. The molecule has 22 heavy (non-hydrogen) atoms. The van der Waals surface area contributed by atoms with E-state index < -0.39 is 16.4 Å². The Morgan fingerprint density at radius 3 is 2.59 bits per heavy atom. The van der Waals surface area contributed by atoms with Crippen molar-refractivity contribution in [3.8, 4) is 0 Å². The van der Waals surface area contributed by atoms with Crippen LogP contribution in [0.25, 0.3) is 11.0 Å². The van der Waals surface area contributed by atoms with E-state index in [4.69, 9.17) is 11.6 Å². The molecule has 0 amide bonds.